The molecule has 136 valence electrons. The van der Waals surface area contributed by atoms with Gasteiger partial charge in [0, 0.05) is 42.7 Å². The molecule has 0 saturated heterocycles. The highest BCUT2D eigenvalue weighted by Crippen LogP contribution is 2.41. The molecule has 1 aliphatic rings. The van der Waals surface area contributed by atoms with Crippen molar-refractivity contribution >= 4 is 0 Å². The number of para-hydroxylation sites is 1. The average molecular weight is 349 g/mol. The highest BCUT2D eigenvalue weighted by atomic mass is 15.3. The lowest BCUT2D eigenvalue weighted by Gasteiger charge is -2.36. The van der Waals surface area contributed by atoms with Crippen molar-refractivity contribution in [3.05, 3.63) is 65.2 Å². The monoisotopic (exact) mass is 349 g/mol. The van der Waals surface area contributed by atoms with Gasteiger partial charge in [0.05, 0.1) is 18.1 Å². The predicted octanol–water partition coefficient (Wildman–Crippen LogP) is 3.72. The molecule has 1 unspecified atom stereocenters. The molecule has 0 saturated carbocycles. The van der Waals surface area contributed by atoms with Crippen LogP contribution in [0.15, 0.2) is 42.9 Å². The molecule has 5 heteroatoms. The maximum atomic E-state index is 4.76. The van der Waals surface area contributed by atoms with Gasteiger partial charge < -0.3 is 5.32 Å². The second-order valence-corrected chi connectivity index (χ2v) is 8.25. The van der Waals surface area contributed by atoms with Gasteiger partial charge in [-0.25, -0.2) is 4.68 Å². The third-order valence-corrected chi connectivity index (χ3v) is 5.33. The van der Waals surface area contributed by atoms with Gasteiger partial charge in [-0.2, -0.15) is 10.2 Å². The van der Waals surface area contributed by atoms with Crippen molar-refractivity contribution in [2.45, 2.75) is 46.2 Å². The molecular formula is C21H27N5. The van der Waals surface area contributed by atoms with Crippen LogP contribution >= 0.6 is 0 Å². The van der Waals surface area contributed by atoms with Gasteiger partial charge in [-0.05, 0) is 36.8 Å². The minimum atomic E-state index is 0.236. The lowest BCUT2D eigenvalue weighted by molar-refractivity contribution is 0.252. The van der Waals surface area contributed by atoms with Gasteiger partial charge in [0.25, 0.3) is 0 Å². The molecule has 5 nitrogen and oxygen atoms in total. The minimum Gasteiger partial charge on any atom is -0.306 e. The molecule has 1 N–H and O–H groups in total. The van der Waals surface area contributed by atoms with Crippen molar-refractivity contribution in [1.82, 2.24) is 24.9 Å². The molecule has 3 aromatic rings. The summed E-state index contributed by atoms with van der Waals surface area (Å²) in [7, 11) is 1.96. The van der Waals surface area contributed by atoms with Gasteiger partial charge in [-0.15, -0.1) is 0 Å². The molecule has 0 radical (unpaired) electrons. The largest absolute Gasteiger partial charge is 0.306 e. The van der Waals surface area contributed by atoms with E-state index in [1.54, 1.807) is 0 Å². The van der Waals surface area contributed by atoms with Crippen molar-refractivity contribution in [1.29, 1.82) is 0 Å². The van der Waals surface area contributed by atoms with E-state index in [4.69, 9.17) is 5.10 Å². The number of fused-ring (bicyclic) bond motifs is 1. The number of rotatable bonds is 4. The van der Waals surface area contributed by atoms with E-state index in [0.717, 1.165) is 19.4 Å². The molecule has 1 aliphatic carbocycles. The lowest BCUT2D eigenvalue weighted by atomic mass is 9.74. The Morgan fingerprint density at radius 3 is 2.73 bits per heavy atom. The number of nitrogens with zero attached hydrogens (tertiary/aromatic N) is 4. The summed E-state index contributed by atoms with van der Waals surface area (Å²) in [5.74, 6) is 0. The quantitative estimate of drug-likeness (QED) is 0.781. The van der Waals surface area contributed by atoms with Crippen molar-refractivity contribution in [3.8, 4) is 5.69 Å². The molecule has 4 rings (SSSR count). The van der Waals surface area contributed by atoms with Gasteiger partial charge in [-0.1, -0.05) is 32.0 Å². The van der Waals surface area contributed by atoms with Crippen LogP contribution in [0.3, 0.4) is 0 Å². The fraction of sp³-hybridized carbons (Fsp3) is 0.429. The molecule has 0 amide bonds. The van der Waals surface area contributed by atoms with Crippen LogP contribution in [-0.4, -0.2) is 19.6 Å². The fourth-order valence-electron chi connectivity index (χ4n) is 4.04. The molecular weight excluding hydrogens is 322 g/mol. The highest BCUT2D eigenvalue weighted by Gasteiger charge is 2.35. The van der Waals surface area contributed by atoms with Gasteiger partial charge in [0.15, 0.2) is 0 Å². The third-order valence-electron chi connectivity index (χ3n) is 5.33. The first-order valence-electron chi connectivity index (χ1n) is 9.27. The summed E-state index contributed by atoms with van der Waals surface area (Å²) >= 11 is 0. The molecule has 0 spiro atoms. The second kappa shape index (κ2) is 6.40. The topological polar surface area (TPSA) is 47.7 Å². The Hall–Kier alpha value is -2.40. The fourth-order valence-corrected chi connectivity index (χ4v) is 4.04. The molecule has 2 aromatic heterocycles. The predicted molar refractivity (Wildman–Crippen MR) is 103 cm³/mol. The molecule has 2 heterocycles. The molecule has 0 bridgehead atoms. The van der Waals surface area contributed by atoms with E-state index >= 15 is 0 Å². The van der Waals surface area contributed by atoms with Crippen LogP contribution in [0.1, 0.15) is 48.7 Å². The van der Waals surface area contributed by atoms with E-state index in [9.17, 15) is 0 Å². The number of aromatic nitrogens is 4. The summed E-state index contributed by atoms with van der Waals surface area (Å²) in [6.45, 7) is 7.67. The summed E-state index contributed by atoms with van der Waals surface area (Å²) in [6, 6.07) is 8.78. The maximum absolute atomic E-state index is 4.76. The van der Waals surface area contributed by atoms with Crippen LogP contribution < -0.4 is 5.32 Å². The van der Waals surface area contributed by atoms with E-state index in [1.807, 2.05) is 17.9 Å². The smallest absolute Gasteiger partial charge is 0.0678 e. The van der Waals surface area contributed by atoms with Crippen LogP contribution in [-0.2, 0) is 20.0 Å². The Bertz CT molecular complexity index is 918. The summed E-state index contributed by atoms with van der Waals surface area (Å²) in [5, 5.41) is 12.8. The zero-order valence-electron chi connectivity index (χ0n) is 16.0. The SMILES string of the molecule is Cc1ccccc1-n1ncc2c1CC(C)(C)CC2NCc1cnn(C)c1. The number of hydrogen-bond donors (Lipinski definition) is 1. The maximum Gasteiger partial charge on any atom is 0.0678 e. The van der Waals surface area contributed by atoms with Crippen molar-refractivity contribution in [2.24, 2.45) is 12.5 Å². The van der Waals surface area contributed by atoms with Gasteiger partial charge in [-0.3, -0.25) is 4.68 Å². The second-order valence-electron chi connectivity index (χ2n) is 8.25. The highest BCUT2D eigenvalue weighted by molar-refractivity contribution is 5.43. The zero-order chi connectivity index (χ0) is 18.3. The Morgan fingerprint density at radius 1 is 1.19 bits per heavy atom. The lowest BCUT2D eigenvalue weighted by Crippen LogP contribution is -2.33. The third kappa shape index (κ3) is 3.19. The first kappa shape index (κ1) is 17.0. The zero-order valence-corrected chi connectivity index (χ0v) is 16.0. The van der Waals surface area contributed by atoms with E-state index < -0.39 is 0 Å². The molecule has 0 fully saturated rings. The number of hydrogen-bond acceptors (Lipinski definition) is 3. The summed E-state index contributed by atoms with van der Waals surface area (Å²) in [5.41, 5.74) is 6.54. The number of aryl methyl sites for hydroxylation is 2. The van der Waals surface area contributed by atoms with Crippen molar-refractivity contribution in [2.75, 3.05) is 0 Å². The van der Waals surface area contributed by atoms with E-state index in [1.165, 1.54) is 28.1 Å². The Kier molecular flexibility index (Phi) is 4.19. The van der Waals surface area contributed by atoms with Gasteiger partial charge in [0.2, 0.25) is 0 Å². The average Bonchev–Trinajstić information content (AvgIpc) is 3.18. The molecule has 0 aliphatic heterocycles. The van der Waals surface area contributed by atoms with E-state index in [2.05, 4.69) is 72.5 Å². The number of benzene rings is 1. The van der Waals surface area contributed by atoms with E-state index in [0.29, 0.717) is 6.04 Å². The van der Waals surface area contributed by atoms with Gasteiger partial charge in [0.1, 0.15) is 0 Å². The summed E-state index contributed by atoms with van der Waals surface area (Å²) < 4.78 is 3.99. The first-order valence-corrected chi connectivity index (χ1v) is 9.27. The van der Waals surface area contributed by atoms with Crippen LogP contribution in [0.5, 0.6) is 0 Å². The van der Waals surface area contributed by atoms with Crippen LogP contribution in [0.25, 0.3) is 5.69 Å². The Balaban J connectivity index is 1.66. The van der Waals surface area contributed by atoms with Crippen LogP contribution in [0.2, 0.25) is 0 Å². The van der Waals surface area contributed by atoms with Crippen molar-refractivity contribution < 1.29 is 0 Å². The first-order chi connectivity index (χ1) is 12.4. The van der Waals surface area contributed by atoms with Gasteiger partial charge >= 0.3 is 0 Å². The van der Waals surface area contributed by atoms with Crippen LogP contribution in [0, 0.1) is 12.3 Å². The molecule has 26 heavy (non-hydrogen) atoms. The Labute approximate surface area is 155 Å². The van der Waals surface area contributed by atoms with Crippen LogP contribution in [0.4, 0.5) is 0 Å². The Morgan fingerprint density at radius 2 is 2.00 bits per heavy atom. The minimum absolute atomic E-state index is 0.236. The standard InChI is InChI=1S/C21H27N5/c1-15-7-5-6-8-19(15)26-20-10-21(2,3)9-18(17(20)13-24-26)22-11-16-12-23-25(4)14-16/h5-8,12-14,18,22H,9-11H2,1-4H3. The van der Waals surface area contributed by atoms with Crippen molar-refractivity contribution in [3.63, 3.8) is 0 Å². The summed E-state index contributed by atoms with van der Waals surface area (Å²) in [4.78, 5) is 0. The normalized spacial score (nSPS) is 18.7. The summed E-state index contributed by atoms with van der Waals surface area (Å²) in [6.07, 6.45) is 8.21. The number of nitrogens with one attached hydrogen (secondary N) is 1. The molecule has 1 aromatic carbocycles. The van der Waals surface area contributed by atoms with E-state index in [-0.39, 0.29) is 5.41 Å². The molecule has 1 atom stereocenters.